The molecular weight excluding hydrogens is 230 g/mol. The van der Waals surface area contributed by atoms with Gasteiger partial charge in [-0.1, -0.05) is 18.3 Å². The molecule has 0 aromatic heterocycles. The van der Waals surface area contributed by atoms with E-state index >= 15 is 0 Å². The van der Waals surface area contributed by atoms with Crippen molar-refractivity contribution < 1.29 is 14.2 Å². The molecule has 4 nitrogen and oxygen atoms in total. The zero-order valence-electron chi connectivity index (χ0n) is 11.5. The fourth-order valence-electron chi connectivity index (χ4n) is 1.89. The second-order valence-electron chi connectivity index (χ2n) is 4.35. The molecule has 1 fully saturated rings. The third-order valence-electron chi connectivity index (χ3n) is 2.89. The molecule has 1 heterocycles. The Hall–Kier alpha value is -0.600. The SMILES string of the molecule is COCC#CCOCCOCCN1CCCCC1. The lowest BCUT2D eigenvalue weighted by Gasteiger charge is -2.26. The summed E-state index contributed by atoms with van der Waals surface area (Å²) in [6, 6.07) is 0. The predicted octanol–water partition coefficient (Wildman–Crippen LogP) is 1.16. The Morgan fingerprint density at radius 1 is 0.889 bits per heavy atom. The van der Waals surface area contributed by atoms with Gasteiger partial charge in [-0.3, -0.25) is 0 Å². The number of hydrogen-bond acceptors (Lipinski definition) is 4. The first kappa shape index (κ1) is 15.5. The van der Waals surface area contributed by atoms with Crippen molar-refractivity contribution in [2.75, 3.05) is 59.8 Å². The number of ether oxygens (including phenoxy) is 3. The molecule has 0 atom stereocenters. The summed E-state index contributed by atoms with van der Waals surface area (Å²) in [6.45, 7) is 6.51. The van der Waals surface area contributed by atoms with Gasteiger partial charge >= 0.3 is 0 Å². The maximum absolute atomic E-state index is 5.52. The molecule has 0 bridgehead atoms. The third-order valence-corrected chi connectivity index (χ3v) is 2.89. The summed E-state index contributed by atoms with van der Waals surface area (Å²) in [7, 11) is 1.63. The lowest BCUT2D eigenvalue weighted by molar-refractivity contribution is 0.0463. The molecule has 1 rings (SSSR count). The van der Waals surface area contributed by atoms with Crippen molar-refractivity contribution >= 4 is 0 Å². The molecule has 1 saturated heterocycles. The number of likely N-dealkylation sites (tertiary alicyclic amines) is 1. The lowest BCUT2D eigenvalue weighted by Crippen LogP contribution is -2.32. The molecule has 1 aliphatic rings. The summed E-state index contributed by atoms with van der Waals surface area (Å²) >= 11 is 0. The number of piperidine rings is 1. The molecule has 0 saturated carbocycles. The second kappa shape index (κ2) is 11.5. The van der Waals surface area contributed by atoms with E-state index in [2.05, 4.69) is 16.7 Å². The van der Waals surface area contributed by atoms with Crippen molar-refractivity contribution in [2.24, 2.45) is 0 Å². The molecule has 0 unspecified atom stereocenters. The predicted molar refractivity (Wildman–Crippen MR) is 71.6 cm³/mol. The van der Waals surface area contributed by atoms with Gasteiger partial charge < -0.3 is 19.1 Å². The Morgan fingerprint density at radius 2 is 1.61 bits per heavy atom. The smallest absolute Gasteiger partial charge is 0.107 e. The molecule has 18 heavy (non-hydrogen) atoms. The summed E-state index contributed by atoms with van der Waals surface area (Å²) in [4.78, 5) is 2.47. The zero-order valence-corrected chi connectivity index (χ0v) is 11.5. The quantitative estimate of drug-likeness (QED) is 0.481. The zero-order chi connectivity index (χ0) is 12.9. The molecule has 4 heteroatoms. The Bertz CT molecular complexity index is 241. The van der Waals surface area contributed by atoms with E-state index in [0.29, 0.717) is 26.4 Å². The van der Waals surface area contributed by atoms with Gasteiger partial charge in [-0.15, -0.1) is 0 Å². The van der Waals surface area contributed by atoms with Crippen LogP contribution in [0.15, 0.2) is 0 Å². The number of hydrogen-bond donors (Lipinski definition) is 0. The van der Waals surface area contributed by atoms with Crippen LogP contribution in [-0.4, -0.2) is 64.7 Å². The minimum absolute atomic E-state index is 0.457. The van der Waals surface area contributed by atoms with Crippen LogP contribution in [0.25, 0.3) is 0 Å². The standard InChI is InChI=1S/C14H25NO3/c1-16-10-5-6-11-17-13-14-18-12-9-15-7-3-2-4-8-15/h2-4,7-14H2,1H3. The average Bonchev–Trinajstić information content (AvgIpc) is 2.42. The fraction of sp³-hybridized carbons (Fsp3) is 0.857. The van der Waals surface area contributed by atoms with E-state index in [1.54, 1.807) is 7.11 Å². The van der Waals surface area contributed by atoms with Crippen molar-refractivity contribution in [1.82, 2.24) is 4.90 Å². The van der Waals surface area contributed by atoms with Crippen LogP contribution < -0.4 is 0 Å². The van der Waals surface area contributed by atoms with Crippen LogP contribution >= 0.6 is 0 Å². The molecular formula is C14H25NO3. The summed E-state index contributed by atoms with van der Waals surface area (Å²) in [5.74, 6) is 5.70. The van der Waals surface area contributed by atoms with Crippen molar-refractivity contribution in [3.8, 4) is 11.8 Å². The highest BCUT2D eigenvalue weighted by atomic mass is 16.5. The molecule has 0 aliphatic carbocycles. The van der Waals surface area contributed by atoms with Gasteiger partial charge in [-0.2, -0.15) is 0 Å². The summed E-state index contributed by atoms with van der Waals surface area (Å²) in [5.41, 5.74) is 0. The summed E-state index contributed by atoms with van der Waals surface area (Å²) in [5, 5.41) is 0. The van der Waals surface area contributed by atoms with E-state index in [4.69, 9.17) is 14.2 Å². The number of methoxy groups -OCH3 is 1. The van der Waals surface area contributed by atoms with Gasteiger partial charge in [-0.25, -0.2) is 0 Å². The maximum Gasteiger partial charge on any atom is 0.107 e. The first-order chi connectivity index (χ1) is 8.93. The highest BCUT2D eigenvalue weighted by molar-refractivity contribution is 4.98. The topological polar surface area (TPSA) is 30.9 Å². The molecule has 0 aromatic rings. The average molecular weight is 255 g/mol. The van der Waals surface area contributed by atoms with Crippen molar-refractivity contribution in [1.29, 1.82) is 0 Å². The van der Waals surface area contributed by atoms with Gasteiger partial charge in [0.1, 0.15) is 13.2 Å². The van der Waals surface area contributed by atoms with Gasteiger partial charge in [0.2, 0.25) is 0 Å². The van der Waals surface area contributed by atoms with Crippen molar-refractivity contribution in [3.05, 3.63) is 0 Å². The molecule has 1 aliphatic heterocycles. The third kappa shape index (κ3) is 8.48. The first-order valence-corrected chi connectivity index (χ1v) is 6.76. The van der Waals surface area contributed by atoms with Gasteiger partial charge in [0.25, 0.3) is 0 Å². The van der Waals surface area contributed by atoms with Crippen LogP contribution in [0.3, 0.4) is 0 Å². The van der Waals surface area contributed by atoms with Gasteiger partial charge in [0.05, 0.1) is 19.8 Å². The minimum atomic E-state index is 0.457. The Morgan fingerprint density at radius 3 is 2.39 bits per heavy atom. The van der Waals surface area contributed by atoms with Gasteiger partial charge in [0.15, 0.2) is 0 Å². The molecule has 104 valence electrons. The van der Waals surface area contributed by atoms with Crippen LogP contribution in [0.2, 0.25) is 0 Å². The molecule has 0 amide bonds. The normalized spacial score (nSPS) is 16.3. The van der Waals surface area contributed by atoms with Crippen LogP contribution in [0, 0.1) is 11.8 Å². The molecule has 0 N–H and O–H groups in total. The van der Waals surface area contributed by atoms with E-state index < -0.39 is 0 Å². The van der Waals surface area contributed by atoms with Crippen LogP contribution in [-0.2, 0) is 14.2 Å². The summed E-state index contributed by atoms with van der Waals surface area (Å²) in [6.07, 6.45) is 4.06. The number of rotatable bonds is 8. The minimum Gasteiger partial charge on any atom is -0.378 e. The Labute approximate surface area is 111 Å². The van der Waals surface area contributed by atoms with Crippen molar-refractivity contribution in [3.63, 3.8) is 0 Å². The molecule has 0 spiro atoms. The van der Waals surface area contributed by atoms with E-state index in [1.165, 1.54) is 32.4 Å². The van der Waals surface area contributed by atoms with Crippen LogP contribution in [0.1, 0.15) is 19.3 Å². The van der Waals surface area contributed by atoms with Crippen LogP contribution in [0.5, 0.6) is 0 Å². The Balaban J connectivity index is 1.80. The number of nitrogens with zero attached hydrogens (tertiary/aromatic N) is 1. The molecule has 0 radical (unpaired) electrons. The lowest BCUT2D eigenvalue weighted by atomic mass is 10.1. The van der Waals surface area contributed by atoms with Gasteiger partial charge in [-0.05, 0) is 25.9 Å². The second-order valence-corrected chi connectivity index (χ2v) is 4.35. The monoisotopic (exact) mass is 255 g/mol. The highest BCUT2D eigenvalue weighted by Gasteiger charge is 2.08. The highest BCUT2D eigenvalue weighted by Crippen LogP contribution is 2.07. The van der Waals surface area contributed by atoms with Crippen molar-refractivity contribution in [2.45, 2.75) is 19.3 Å². The molecule has 0 aromatic carbocycles. The van der Waals surface area contributed by atoms with Gasteiger partial charge in [0, 0.05) is 13.7 Å². The summed E-state index contributed by atoms with van der Waals surface area (Å²) < 4.78 is 15.6. The van der Waals surface area contributed by atoms with E-state index in [0.717, 1.165) is 13.2 Å². The van der Waals surface area contributed by atoms with E-state index in [1.807, 2.05) is 0 Å². The van der Waals surface area contributed by atoms with E-state index in [-0.39, 0.29) is 0 Å². The largest absolute Gasteiger partial charge is 0.378 e. The van der Waals surface area contributed by atoms with E-state index in [9.17, 15) is 0 Å². The maximum atomic E-state index is 5.52. The Kier molecular flexibility index (Phi) is 9.87. The van der Waals surface area contributed by atoms with Crippen LogP contribution in [0.4, 0.5) is 0 Å². The fourth-order valence-corrected chi connectivity index (χ4v) is 1.89. The first-order valence-electron chi connectivity index (χ1n) is 6.76.